The van der Waals surface area contributed by atoms with Crippen LogP contribution in [-0.2, 0) is 0 Å². The average molecular weight is 280 g/mol. The van der Waals surface area contributed by atoms with Gasteiger partial charge in [-0.25, -0.2) is 4.98 Å². The number of fused-ring (bicyclic) bond motifs is 1. The summed E-state index contributed by atoms with van der Waals surface area (Å²) in [5, 5.41) is 3.24. The van der Waals surface area contributed by atoms with Gasteiger partial charge in [0, 0.05) is 34.7 Å². The number of H-pyrrole nitrogens is 1. The van der Waals surface area contributed by atoms with Crippen molar-refractivity contribution >= 4 is 28.4 Å². The summed E-state index contributed by atoms with van der Waals surface area (Å²) in [4.78, 5) is 7.74. The van der Waals surface area contributed by atoms with Crippen molar-refractivity contribution in [1.82, 2.24) is 9.97 Å². The largest absolute Gasteiger partial charge is 0.472 e. The van der Waals surface area contributed by atoms with Crippen molar-refractivity contribution in [1.29, 1.82) is 0 Å². The zero-order valence-electron chi connectivity index (χ0n) is 10.7. The van der Waals surface area contributed by atoms with E-state index in [0.29, 0.717) is 0 Å². The van der Waals surface area contributed by atoms with Crippen LogP contribution in [-0.4, -0.2) is 15.7 Å². The van der Waals surface area contributed by atoms with Crippen molar-refractivity contribution < 1.29 is 4.42 Å². The minimum atomic E-state index is 0.907. The molecular weight excluding hydrogens is 268 g/mol. The van der Waals surface area contributed by atoms with Gasteiger partial charge in [-0.1, -0.05) is 12.2 Å². The van der Waals surface area contributed by atoms with Gasteiger partial charge in [0.25, 0.3) is 0 Å². The fourth-order valence-corrected chi connectivity index (χ4v) is 3.14. The van der Waals surface area contributed by atoms with Crippen LogP contribution in [0.3, 0.4) is 0 Å². The van der Waals surface area contributed by atoms with E-state index in [2.05, 4.69) is 33.6 Å². The van der Waals surface area contributed by atoms with Crippen LogP contribution in [0.25, 0.3) is 27.7 Å². The molecule has 0 atom stereocenters. The maximum Gasteiger partial charge on any atom is 0.137 e. The van der Waals surface area contributed by atoms with E-state index in [-0.39, 0.29) is 0 Å². The first-order valence-electron chi connectivity index (χ1n) is 6.39. The van der Waals surface area contributed by atoms with E-state index >= 15 is 0 Å². The number of hydrogen-bond acceptors (Lipinski definition) is 3. The maximum atomic E-state index is 5.18. The van der Waals surface area contributed by atoms with Crippen molar-refractivity contribution in [2.45, 2.75) is 0 Å². The molecular formula is C16H12N2OS. The predicted molar refractivity (Wildman–Crippen MR) is 83.4 cm³/mol. The molecule has 1 aliphatic heterocycles. The maximum absolute atomic E-state index is 5.18. The molecule has 0 aliphatic carbocycles. The van der Waals surface area contributed by atoms with Crippen LogP contribution in [0.2, 0.25) is 0 Å². The van der Waals surface area contributed by atoms with E-state index in [1.165, 1.54) is 11.1 Å². The molecule has 0 spiro atoms. The Balaban J connectivity index is 1.88. The number of thioether (sulfide) groups is 1. The van der Waals surface area contributed by atoms with E-state index in [1.807, 2.05) is 30.2 Å². The third-order valence-electron chi connectivity index (χ3n) is 3.45. The third kappa shape index (κ3) is 1.89. The first-order valence-corrected chi connectivity index (χ1v) is 7.44. The van der Waals surface area contributed by atoms with Gasteiger partial charge in [-0.15, -0.1) is 11.8 Å². The normalized spacial score (nSPS) is 14.7. The summed E-state index contributed by atoms with van der Waals surface area (Å²) < 4.78 is 5.18. The molecule has 4 rings (SSSR count). The van der Waals surface area contributed by atoms with Crippen LogP contribution < -0.4 is 0 Å². The van der Waals surface area contributed by atoms with Gasteiger partial charge < -0.3 is 9.40 Å². The zero-order chi connectivity index (χ0) is 13.4. The fourth-order valence-electron chi connectivity index (χ4n) is 2.41. The molecule has 0 saturated carbocycles. The highest BCUT2D eigenvalue weighted by atomic mass is 32.2. The topological polar surface area (TPSA) is 41.8 Å². The summed E-state index contributed by atoms with van der Waals surface area (Å²) in [6, 6.07) is 4.17. The number of furan rings is 1. The Hall–Kier alpha value is -2.20. The molecule has 0 unspecified atom stereocenters. The van der Waals surface area contributed by atoms with Gasteiger partial charge in [-0.2, -0.15) is 0 Å². The molecule has 3 nitrogen and oxygen atoms in total. The Labute approximate surface area is 120 Å². The number of hydrogen-bond donors (Lipinski definition) is 1. The average Bonchev–Trinajstić information content (AvgIpc) is 3.16. The summed E-state index contributed by atoms with van der Waals surface area (Å²) in [7, 11) is 0. The second-order valence-corrected chi connectivity index (χ2v) is 5.56. The summed E-state index contributed by atoms with van der Waals surface area (Å²) in [6.45, 7) is 0. The van der Waals surface area contributed by atoms with E-state index < -0.39 is 0 Å². The van der Waals surface area contributed by atoms with E-state index in [4.69, 9.17) is 4.42 Å². The second kappa shape index (κ2) is 4.72. The molecule has 98 valence electrons. The number of nitrogens with one attached hydrogen (secondary N) is 1. The van der Waals surface area contributed by atoms with Gasteiger partial charge in [-0.05, 0) is 28.7 Å². The highest BCUT2D eigenvalue weighted by Crippen LogP contribution is 2.31. The molecule has 0 saturated heterocycles. The molecule has 3 aromatic heterocycles. The molecule has 4 heterocycles. The Morgan fingerprint density at radius 2 is 2.30 bits per heavy atom. The Morgan fingerprint density at radius 3 is 3.10 bits per heavy atom. The molecule has 0 aromatic carbocycles. The molecule has 1 N–H and O–H groups in total. The van der Waals surface area contributed by atoms with Gasteiger partial charge in [0.1, 0.15) is 5.65 Å². The van der Waals surface area contributed by atoms with E-state index in [1.54, 1.807) is 12.5 Å². The van der Waals surface area contributed by atoms with Crippen LogP contribution >= 0.6 is 11.8 Å². The van der Waals surface area contributed by atoms with Crippen molar-refractivity contribution in [3.8, 4) is 11.1 Å². The minimum Gasteiger partial charge on any atom is -0.472 e. The lowest BCUT2D eigenvalue weighted by molar-refractivity contribution is 0.568. The quantitative estimate of drug-likeness (QED) is 0.753. The number of nitrogens with zero attached hydrogens (tertiary/aromatic N) is 1. The molecule has 20 heavy (non-hydrogen) atoms. The number of rotatable bonds is 2. The Morgan fingerprint density at radius 1 is 1.30 bits per heavy atom. The number of aromatic nitrogens is 2. The number of allylic oxidation sites excluding steroid dienone is 2. The standard InChI is InChI=1S/C16H12N2OS/c1-2-12(10-20-5-1)13-6-14-15(11-3-4-19-9-11)8-18-16(14)17-7-13/h1-9H,10H2,(H,17,18). The van der Waals surface area contributed by atoms with Gasteiger partial charge >= 0.3 is 0 Å². The summed E-state index contributed by atoms with van der Waals surface area (Å²) in [6.07, 6.45) is 11.6. The lowest BCUT2D eigenvalue weighted by atomic mass is 10.0. The molecule has 0 bridgehead atoms. The Bertz CT molecular complexity index is 812. The first kappa shape index (κ1) is 11.6. The first-order chi connectivity index (χ1) is 9.92. The number of pyridine rings is 1. The van der Waals surface area contributed by atoms with Crippen LogP contribution in [0.15, 0.2) is 59.0 Å². The summed E-state index contributed by atoms with van der Waals surface area (Å²) in [5.74, 6) is 0.995. The minimum absolute atomic E-state index is 0.907. The van der Waals surface area contributed by atoms with Crippen molar-refractivity contribution in [3.63, 3.8) is 0 Å². The highest BCUT2D eigenvalue weighted by molar-refractivity contribution is 8.02. The fraction of sp³-hybridized carbons (Fsp3) is 0.0625. The van der Waals surface area contributed by atoms with Crippen molar-refractivity contribution in [2.24, 2.45) is 0 Å². The predicted octanol–water partition coefficient (Wildman–Crippen LogP) is 4.47. The molecule has 0 radical (unpaired) electrons. The van der Waals surface area contributed by atoms with Crippen LogP contribution in [0.5, 0.6) is 0 Å². The molecule has 4 heteroatoms. The summed E-state index contributed by atoms with van der Waals surface area (Å²) >= 11 is 1.81. The van der Waals surface area contributed by atoms with Crippen LogP contribution in [0.4, 0.5) is 0 Å². The highest BCUT2D eigenvalue weighted by Gasteiger charge is 2.11. The van der Waals surface area contributed by atoms with Gasteiger partial charge in [0.2, 0.25) is 0 Å². The molecule has 0 fully saturated rings. The van der Waals surface area contributed by atoms with E-state index in [0.717, 1.165) is 27.9 Å². The van der Waals surface area contributed by atoms with Crippen LogP contribution in [0, 0.1) is 0 Å². The van der Waals surface area contributed by atoms with Crippen LogP contribution in [0.1, 0.15) is 5.56 Å². The smallest absolute Gasteiger partial charge is 0.137 e. The summed E-state index contributed by atoms with van der Waals surface area (Å²) in [5.41, 5.74) is 5.60. The van der Waals surface area contributed by atoms with Crippen molar-refractivity contribution in [3.05, 3.63) is 60.2 Å². The molecule has 1 aliphatic rings. The van der Waals surface area contributed by atoms with Gasteiger partial charge in [0.15, 0.2) is 0 Å². The monoisotopic (exact) mass is 280 g/mol. The Kier molecular flexibility index (Phi) is 2.74. The number of aromatic amines is 1. The third-order valence-corrected chi connectivity index (χ3v) is 4.27. The van der Waals surface area contributed by atoms with Crippen molar-refractivity contribution in [2.75, 3.05) is 5.75 Å². The zero-order valence-corrected chi connectivity index (χ0v) is 11.5. The van der Waals surface area contributed by atoms with Gasteiger partial charge in [-0.3, -0.25) is 0 Å². The lowest BCUT2D eigenvalue weighted by Gasteiger charge is -2.08. The van der Waals surface area contributed by atoms with E-state index in [9.17, 15) is 0 Å². The molecule has 0 amide bonds. The van der Waals surface area contributed by atoms with Gasteiger partial charge in [0.05, 0.1) is 12.5 Å². The molecule has 3 aromatic rings. The second-order valence-electron chi connectivity index (χ2n) is 4.67. The lowest BCUT2D eigenvalue weighted by Crippen LogP contribution is -1.91. The SMILES string of the molecule is C1=CSCC(c2cnc3[nH]cc(-c4ccoc4)c3c2)=C1.